The second kappa shape index (κ2) is 3.35. The Morgan fingerprint density at radius 2 is 2.21 bits per heavy atom. The highest BCUT2D eigenvalue weighted by Gasteiger charge is 2.09. The number of H-pyrrole nitrogens is 1. The van der Waals surface area contributed by atoms with Gasteiger partial charge in [-0.15, -0.1) is 0 Å². The van der Waals surface area contributed by atoms with Crippen LogP contribution in [-0.4, -0.2) is 12.1 Å². The van der Waals surface area contributed by atoms with Gasteiger partial charge in [0.1, 0.15) is 5.75 Å². The maximum Gasteiger partial charge on any atom is 0.142 e. The smallest absolute Gasteiger partial charge is 0.142 e. The van der Waals surface area contributed by atoms with Crippen molar-refractivity contribution in [2.24, 2.45) is 5.73 Å². The molecule has 3 heteroatoms. The molecule has 0 saturated heterocycles. The molecule has 74 valence electrons. The van der Waals surface area contributed by atoms with Crippen molar-refractivity contribution in [3.63, 3.8) is 0 Å². The molecule has 1 heterocycles. The highest BCUT2D eigenvalue weighted by Crippen LogP contribution is 2.28. The highest BCUT2D eigenvalue weighted by atomic mass is 16.5. The van der Waals surface area contributed by atoms with E-state index in [1.807, 2.05) is 19.1 Å². The number of nitrogens with one attached hydrogen (secondary N) is 1. The van der Waals surface area contributed by atoms with E-state index in [0.29, 0.717) is 6.54 Å². The Bertz CT molecular complexity index is 460. The number of aromatic amines is 1. The first-order chi connectivity index (χ1) is 6.77. The lowest BCUT2D eigenvalue weighted by molar-refractivity contribution is 0.419. The fraction of sp³-hybridized carbons (Fsp3) is 0.273. The van der Waals surface area contributed by atoms with Crippen molar-refractivity contribution in [3.8, 4) is 5.75 Å². The van der Waals surface area contributed by atoms with Crippen molar-refractivity contribution in [2.45, 2.75) is 13.5 Å². The molecule has 1 aromatic carbocycles. The zero-order valence-electron chi connectivity index (χ0n) is 8.42. The lowest BCUT2D eigenvalue weighted by Gasteiger charge is -2.00. The Hall–Kier alpha value is -1.48. The van der Waals surface area contributed by atoms with Crippen LogP contribution < -0.4 is 10.5 Å². The summed E-state index contributed by atoms with van der Waals surface area (Å²) >= 11 is 0. The third-order valence-electron chi connectivity index (χ3n) is 2.54. The lowest BCUT2D eigenvalue weighted by Crippen LogP contribution is -1.96. The van der Waals surface area contributed by atoms with Crippen LogP contribution in [0.25, 0.3) is 10.9 Å². The summed E-state index contributed by atoms with van der Waals surface area (Å²) in [6, 6.07) is 5.98. The quantitative estimate of drug-likeness (QED) is 0.760. The molecule has 0 unspecified atom stereocenters. The van der Waals surface area contributed by atoms with Gasteiger partial charge in [0.05, 0.1) is 12.6 Å². The van der Waals surface area contributed by atoms with E-state index in [0.717, 1.165) is 22.3 Å². The molecule has 3 N–H and O–H groups in total. The summed E-state index contributed by atoms with van der Waals surface area (Å²) < 4.78 is 5.27. The van der Waals surface area contributed by atoms with E-state index in [9.17, 15) is 0 Å². The summed E-state index contributed by atoms with van der Waals surface area (Å²) in [6.45, 7) is 2.58. The van der Waals surface area contributed by atoms with Gasteiger partial charge in [0.2, 0.25) is 0 Å². The normalized spacial score (nSPS) is 10.8. The van der Waals surface area contributed by atoms with E-state index in [-0.39, 0.29) is 0 Å². The average molecular weight is 190 g/mol. The third-order valence-corrected chi connectivity index (χ3v) is 2.54. The number of aromatic nitrogens is 1. The van der Waals surface area contributed by atoms with Gasteiger partial charge in [0, 0.05) is 17.6 Å². The van der Waals surface area contributed by atoms with Crippen LogP contribution >= 0.6 is 0 Å². The van der Waals surface area contributed by atoms with Crippen molar-refractivity contribution in [1.29, 1.82) is 0 Å². The summed E-state index contributed by atoms with van der Waals surface area (Å²) in [7, 11) is 1.67. The molecule has 0 atom stereocenters. The van der Waals surface area contributed by atoms with Crippen molar-refractivity contribution >= 4 is 10.9 Å². The Balaban J connectivity index is 2.79. The van der Waals surface area contributed by atoms with Gasteiger partial charge >= 0.3 is 0 Å². The van der Waals surface area contributed by atoms with Gasteiger partial charge < -0.3 is 15.5 Å². The van der Waals surface area contributed by atoms with Gasteiger partial charge in [0.15, 0.2) is 0 Å². The molecule has 1 aromatic heterocycles. The van der Waals surface area contributed by atoms with Gasteiger partial charge in [0.25, 0.3) is 0 Å². The monoisotopic (exact) mass is 190 g/mol. The minimum Gasteiger partial charge on any atom is -0.495 e. The topological polar surface area (TPSA) is 51.0 Å². The van der Waals surface area contributed by atoms with E-state index in [4.69, 9.17) is 10.5 Å². The second-order valence-corrected chi connectivity index (χ2v) is 3.32. The summed E-state index contributed by atoms with van der Waals surface area (Å²) in [5.41, 5.74) is 9.01. The molecule has 0 saturated carbocycles. The average Bonchev–Trinajstić information content (AvgIpc) is 2.52. The molecule has 14 heavy (non-hydrogen) atoms. The van der Waals surface area contributed by atoms with Crippen LogP contribution in [0.4, 0.5) is 0 Å². The maximum absolute atomic E-state index is 5.69. The van der Waals surface area contributed by atoms with Crippen LogP contribution in [0.5, 0.6) is 5.75 Å². The van der Waals surface area contributed by atoms with Gasteiger partial charge in [-0.2, -0.15) is 0 Å². The number of methoxy groups -OCH3 is 1. The van der Waals surface area contributed by atoms with Crippen LogP contribution in [0.3, 0.4) is 0 Å². The zero-order valence-corrected chi connectivity index (χ0v) is 8.42. The molecule has 0 bridgehead atoms. The van der Waals surface area contributed by atoms with E-state index in [1.165, 1.54) is 5.56 Å². The lowest BCUT2D eigenvalue weighted by atomic mass is 10.1. The minimum atomic E-state index is 0.555. The molecular weight excluding hydrogens is 176 g/mol. The van der Waals surface area contributed by atoms with E-state index in [1.54, 1.807) is 7.11 Å². The highest BCUT2D eigenvalue weighted by molar-refractivity contribution is 5.89. The Morgan fingerprint density at radius 3 is 2.86 bits per heavy atom. The van der Waals surface area contributed by atoms with Crippen LogP contribution in [0.2, 0.25) is 0 Å². The van der Waals surface area contributed by atoms with Crippen molar-refractivity contribution < 1.29 is 4.74 Å². The Labute approximate surface area is 82.9 Å². The number of hydrogen-bond acceptors (Lipinski definition) is 2. The predicted molar refractivity (Wildman–Crippen MR) is 57.5 cm³/mol. The van der Waals surface area contributed by atoms with Crippen molar-refractivity contribution in [1.82, 2.24) is 4.98 Å². The number of aryl methyl sites for hydroxylation is 1. The van der Waals surface area contributed by atoms with Crippen LogP contribution in [0.1, 0.15) is 11.3 Å². The van der Waals surface area contributed by atoms with Gasteiger partial charge in [-0.3, -0.25) is 0 Å². The van der Waals surface area contributed by atoms with E-state index in [2.05, 4.69) is 11.1 Å². The number of nitrogens with two attached hydrogens (primary N) is 1. The third kappa shape index (κ3) is 1.17. The molecular formula is C11H14N2O. The SMILES string of the molecule is COc1cccc2c(CN)c(C)[nH]c12. The van der Waals surface area contributed by atoms with Gasteiger partial charge in [-0.25, -0.2) is 0 Å². The van der Waals surface area contributed by atoms with Crippen molar-refractivity contribution in [2.75, 3.05) is 7.11 Å². The molecule has 3 nitrogen and oxygen atoms in total. The maximum atomic E-state index is 5.69. The first kappa shape index (κ1) is 9.09. The largest absolute Gasteiger partial charge is 0.495 e. The molecule has 0 aliphatic heterocycles. The number of rotatable bonds is 2. The summed E-state index contributed by atoms with van der Waals surface area (Å²) in [4.78, 5) is 3.29. The molecule has 2 rings (SSSR count). The standard InChI is InChI=1S/C11H14N2O/c1-7-9(6-12)8-4-3-5-10(14-2)11(8)13-7/h3-5,13H,6,12H2,1-2H3. The Morgan fingerprint density at radius 1 is 1.43 bits per heavy atom. The summed E-state index contributed by atoms with van der Waals surface area (Å²) in [5, 5.41) is 1.16. The second-order valence-electron chi connectivity index (χ2n) is 3.32. The van der Waals surface area contributed by atoms with Crippen molar-refractivity contribution in [3.05, 3.63) is 29.5 Å². The van der Waals surface area contributed by atoms with Gasteiger partial charge in [-0.05, 0) is 18.6 Å². The fourth-order valence-electron chi connectivity index (χ4n) is 1.81. The number of fused-ring (bicyclic) bond motifs is 1. The summed E-state index contributed by atoms with van der Waals surface area (Å²) in [6.07, 6.45) is 0. The first-order valence-electron chi connectivity index (χ1n) is 4.62. The minimum absolute atomic E-state index is 0.555. The summed E-state index contributed by atoms with van der Waals surface area (Å²) in [5.74, 6) is 0.866. The zero-order chi connectivity index (χ0) is 10.1. The first-order valence-corrected chi connectivity index (χ1v) is 4.62. The molecule has 0 amide bonds. The fourth-order valence-corrected chi connectivity index (χ4v) is 1.81. The number of para-hydroxylation sites is 1. The predicted octanol–water partition coefficient (Wildman–Crippen LogP) is 1.94. The number of benzene rings is 1. The van der Waals surface area contributed by atoms with Crippen LogP contribution in [0.15, 0.2) is 18.2 Å². The van der Waals surface area contributed by atoms with Gasteiger partial charge in [-0.1, -0.05) is 12.1 Å². The van der Waals surface area contributed by atoms with E-state index >= 15 is 0 Å². The molecule has 0 spiro atoms. The number of ether oxygens (including phenoxy) is 1. The van der Waals surface area contributed by atoms with Crippen LogP contribution in [-0.2, 0) is 6.54 Å². The Kier molecular flexibility index (Phi) is 2.17. The molecule has 2 aromatic rings. The molecule has 0 radical (unpaired) electrons. The number of hydrogen-bond donors (Lipinski definition) is 2. The molecule has 0 fully saturated rings. The van der Waals surface area contributed by atoms with E-state index < -0.39 is 0 Å². The molecule has 0 aliphatic rings. The van der Waals surface area contributed by atoms with Crippen LogP contribution in [0, 0.1) is 6.92 Å². The molecule has 0 aliphatic carbocycles.